The first kappa shape index (κ1) is 13.7. The van der Waals surface area contributed by atoms with Gasteiger partial charge >= 0.3 is 0 Å². The van der Waals surface area contributed by atoms with Crippen molar-refractivity contribution in [3.05, 3.63) is 32.4 Å². The molecule has 0 heterocycles. The molecule has 1 rings (SSSR count). The van der Waals surface area contributed by atoms with Gasteiger partial charge in [-0.2, -0.15) is 0 Å². The van der Waals surface area contributed by atoms with Crippen molar-refractivity contribution in [2.75, 3.05) is 27.2 Å². The number of benzene rings is 1. The summed E-state index contributed by atoms with van der Waals surface area (Å²) in [6, 6.07) is 5.44. The minimum Gasteiger partial charge on any atom is -0.340 e. The molecule has 0 spiro atoms. The third-order valence-corrected chi connectivity index (χ3v) is 3.20. The maximum Gasteiger partial charge on any atom is 0.255 e. The molecule has 1 amide bonds. The third kappa shape index (κ3) is 3.61. The molecular formula is C11H14ClIN2O. The summed E-state index contributed by atoms with van der Waals surface area (Å²) in [7, 11) is 3.63. The smallest absolute Gasteiger partial charge is 0.255 e. The molecule has 0 bridgehead atoms. The van der Waals surface area contributed by atoms with Gasteiger partial charge in [0.2, 0.25) is 0 Å². The van der Waals surface area contributed by atoms with Gasteiger partial charge in [0.15, 0.2) is 0 Å². The predicted molar refractivity (Wildman–Crippen MR) is 75.1 cm³/mol. The van der Waals surface area contributed by atoms with Gasteiger partial charge in [0, 0.05) is 23.7 Å². The molecule has 0 atom stereocenters. The van der Waals surface area contributed by atoms with Crippen molar-refractivity contribution in [2.24, 2.45) is 0 Å². The molecule has 0 aliphatic rings. The van der Waals surface area contributed by atoms with Crippen LogP contribution in [0.5, 0.6) is 0 Å². The van der Waals surface area contributed by atoms with E-state index < -0.39 is 0 Å². The number of carbonyl (C=O) groups excluding carboxylic acids is 1. The first-order valence-corrected chi connectivity index (χ1v) is 6.37. The van der Waals surface area contributed by atoms with E-state index in [1.807, 2.05) is 13.1 Å². The Morgan fingerprint density at radius 1 is 1.56 bits per heavy atom. The molecule has 5 heteroatoms. The Kier molecular flexibility index (Phi) is 5.51. The summed E-state index contributed by atoms with van der Waals surface area (Å²) in [6.45, 7) is 1.43. The van der Waals surface area contributed by atoms with Gasteiger partial charge in [-0.3, -0.25) is 4.79 Å². The second kappa shape index (κ2) is 6.42. The maximum absolute atomic E-state index is 12.0. The molecule has 1 aromatic rings. The highest BCUT2D eigenvalue weighted by Gasteiger charge is 2.14. The van der Waals surface area contributed by atoms with Gasteiger partial charge in [0.05, 0.1) is 10.6 Å². The van der Waals surface area contributed by atoms with Crippen molar-refractivity contribution >= 4 is 40.1 Å². The monoisotopic (exact) mass is 352 g/mol. The maximum atomic E-state index is 12.0. The summed E-state index contributed by atoms with van der Waals surface area (Å²) in [6.07, 6.45) is 0. The molecule has 0 fully saturated rings. The minimum absolute atomic E-state index is 0.0428. The number of halogens is 2. The summed E-state index contributed by atoms with van der Waals surface area (Å²) in [4.78, 5) is 13.7. The summed E-state index contributed by atoms with van der Waals surface area (Å²) in [5.74, 6) is -0.0428. The molecule has 1 N–H and O–H groups in total. The Morgan fingerprint density at radius 2 is 2.25 bits per heavy atom. The number of nitrogens with one attached hydrogen (secondary N) is 1. The van der Waals surface area contributed by atoms with Gasteiger partial charge in [-0.15, -0.1) is 0 Å². The standard InChI is InChI=1S/C11H14ClIN2O/c1-14-5-6-15(2)11(16)9-7-8(13)3-4-10(9)12/h3-4,7,14H,5-6H2,1-2H3. The molecule has 0 aliphatic heterocycles. The van der Waals surface area contributed by atoms with Gasteiger partial charge in [-0.1, -0.05) is 11.6 Å². The highest BCUT2D eigenvalue weighted by atomic mass is 127. The molecule has 1 aromatic carbocycles. The largest absolute Gasteiger partial charge is 0.340 e. The highest BCUT2D eigenvalue weighted by Crippen LogP contribution is 2.20. The molecule has 0 saturated carbocycles. The molecule has 0 unspecified atom stereocenters. The van der Waals surface area contributed by atoms with Crippen molar-refractivity contribution in [3.63, 3.8) is 0 Å². The fourth-order valence-electron chi connectivity index (χ4n) is 1.25. The lowest BCUT2D eigenvalue weighted by Gasteiger charge is -2.17. The second-order valence-corrected chi connectivity index (χ2v) is 5.11. The number of hydrogen-bond acceptors (Lipinski definition) is 2. The van der Waals surface area contributed by atoms with E-state index in [9.17, 15) is 4.79 Å². The zero-order chi connectivity index (χ0) is 12.1. The Balaban J connectivity index is 2.83. The van der Waals surface area contributed by atoms with Crippen LogP contribution in [0, 0.1) is 3.57 Å². The van der Waals surface area contributed by atoms with Crippen LogP contribution in [0.3, 0.4) is 0 Å². The van der Waals surface area contributed by atoms with E-state index in [4.69, 9.17) is 11.6 Å². The molecule has 0 aliphatic carbocycles. The number of rotatable bonds is 4. The number of nitrogens with zero attached hydrogens (tertiary/aromatic N) is 1. The zero-order valence-corrected chi connectivity index (χ0v) is 12.2. The number of likely N-dealkylation sites (N-methyl/N-ethyl adjacent to an activating group) is 2. The van der Waals surface area contributed by atoms with E-state index >= 15 is 0 Å². The van der Waals surface area contributed by atoms with E-state index in [1.54, 1.807) is 24.1 Å². The van der Waals surface area contributed by atoms with Crippen LogP contribution >= 0.6 is 34.2 Å². The lowest BCUT2D eigenvalue weighted by molar-refractivity contribution is 0.0797. The Morgan fingerprint density at radius 3 is 2.88 bits per heavy atom. The van der Waals surface area contributed by atoms with Crippen LogP contribution in [-0.2, 0) is 0 Å². The lowest BCUT2D eigenvalue weighted by Crippen LogP contribution is -2.32. The summed E-state index contributed by atoms with van der Waals surface area (Å²) >= 11 is 8.17. The van der Waals surface area contributed by atoms with Gasteiger partial charge in [0.25, 0.3) is 5.91 Å². The molecule has 0 radical (unpaired) electrons. The van der Waals surface area contributed by atoms with Gasteiger partial charge in [-0.05, 0) is 47.8 Å². The van der Waals surface area contributed by atoms with Crippen LogP contribution in [-0.4, -0.2) is 38.0 Å². The van der Waals surface area contributed by atoms with Crippen molar-refractivity contribution in [3.8, 4) is 0 Å². The van der Waals surface area contributed by atoms with E-state index in [2.05, 4.69) is 27.9 Å². The highest BCUT2D eigenvalue weighted by molar-refractivity contribution is 14.1. The van der Waals surface area contributed by atoms with Crippen LogP contribution in [0.15, 0.2) is 18.2 Å². The first-order chi connectivity index (χ1) is 7.56. The van der Waals surface area contributed by atoms with Crippen LogP contribution < -0.4 is 5.32 Å². The van der Waals surface area contributed by atoms with Crippen LogP contribution in [0.1, 0.15) is 10.4 Å². The van der Waals surface area contributed by atoms with Crippen molar-refractivity contribution in [1.82, 2.24) is 10.2 Å². The fraction of sp³-hybridized carbons (Fsp3) is 0.364. The molecular weight excluding hydrogens is 338 g/mol. The van der Waals surface area contributed by atoms with Crippen molar-refractivity contribution in [1.29, 1.82) is 0 Å². The third-order valence-electron chi connectivity index (χ3n) is 2.20. The van der Waals surface area contributed by atoms with Crippen LogP contribution in [0.2, 0.25) is 5.02 Å². The summed E-state index contributed by atoms with van der Waals surface area (Å²) in [5, 5.41) is 3.50. The van der Waals surface area contributed by atoms with Gasteiger partial charge < -0.3 is 10.2 Å². The lowest BCUT2D eigenvalue weighted by atomic mass is 10.2. The number of amides is 1. The second-order valence-electron chi connectivity index (χ2n) is 3.45. The van der Waals surface area contributed by atoms with E-state index in [-0.39, 0.29) is 5.91 Å². The van der Waals surface area contributed by atoms with Crippen molar-refractivity contribution < 1.29 is 4.79 Å². The molecule has 16 heavy (non-hydrogen) atoms. The number of carbonyl (C=O) groups is 1. The Labute approximate surface area is 114 Å². The quantitative estimate of drug-likeness (QED) is 0.843. The average molecular weight is 353 g/mol. The minimum atomic E-state index is -0.0428. The Bertz CT molecular complexity index is 384. The van der Waals surface area contributed by atoms with Gasteiger partial charge in [-0.25, -0.2) is 0 Å². The fourth-order valence-corrected chi connectivity index (χ4v) is 1.94. The molecule has 0 aromatic heterocycles. The molecule has 3 nitrogen and oxygen atoms in total. The van der Waals surface area contributed by atoms with Gasteiger partial charge in [0.1, 0.15) is 0 Å². The Hall–Kier alpha value is -0.330. The van der Waals surface area contributed by atoms with Crippen LogP contribution in [0.25, 0.3) is 0 Å². The van der Waals surface area contributed by atoms with Crippen molar-refractivity contribution in [2.45, 2.75) is 0 Å². The molecule has 88 valence electrons. The normalized spacial score (nSPS) is 10.2. The van der Waals surface area contributed by atoms with E-state index in [0.717, 1.165) is 10.1 Å². The average Bonchev–Trinajstić information content (AvgIpc) is 2.28. The van der Waals surface area contributed by atoms with E-state index in [0.29, 0.717) is 17.1 Å². The zero-order valence-electron chi connectivity index (χ0n) is 9.26. The summed E-state index contributed by atoms with van der Waals surface area (Å²) < 4.78 is 1.01. The predicted octanol–water partition coefficient (Wildman–Crippen LogP) is 2.24. The molecule has 0 saturated heterocycles. The summed E-state index contributed by atoms with van der Waals surface area (Å²) in [5.41, 5.74) is 0.562. The first-order valence-electron chi connectivity index (χ1n) is 4.91. The SMILES string of the molecule is CNCCN(C)C(=O)c1cc(I)ccc1Cl. The van der Waals surface area contributed by atoms with E-state index in [1.165, 1.54) is 0 Å². The topological polar surface area (TPSA) is 32.3 Å². The number of hydrogen-bond donors (Lipinski definition) is 1. The van der Waals surface area contributed by atoms with Crippen LogP contribution in [0.4, 0.5) is 0 Å².